The molecule has 20 heavy (non-hydrogen) atoms. The molecule has 0 aliphatic heterocycles. The highest BCUT2D eigenvalue weighted by molar-refractivity contribution is 7.92. The zero-order valence-corrected chi connectivity index (χ0v) is 11.7. The van der Waals surface area contributed by atoms with Crippen molar-refractivity contribution in [2.45, 2.75) is 17.1 Å². The summed E-state index contributed by atoms with van der Waals surface area (Å²) in [5, 5.41) is 4.25. The Morgan fingerprint density at radius 1 is 1.05 bits per heavy atom. The van der Waals surface area contributed by atoms with Crippen LogP contribution in [0.25, 0.3) is 0 Å². The lowest BCUT2D eigenvalue weighted by atomic mass is 10.1. The molecule has 0 radical (unpaired) electrons. The standard InChI is InChI=1S/C15H14FNO2S/c1-11-2-8-14(9-3-11)20(18,19)15(10-17)12-4-6-13(16)7-5-12/h2-9,15H,17H2,1H3. The summed E-state index contributed by atoms with van der Waals surface area (Å²) in [7, 11) is -3.69. The molecule has 104 valence electrons. The van der Waals surface area contributed by atoms with E-state index in [9.17, 15) is 12.8 Å². The molecule has 2 rings (SSSR count). The van der Waals surface area contributed by atoms with E-state index in [1.54, 1.807) is 12.1 Å². The molecule has 0 aliphatic rings. The second kappa shape index (κ2) is 5.54. The lowest BCUT2D eigenvalue weighted by Crippen LogP contribution is -2.35. The second-order valence-corrected chi connectivity index (χ2v) is 6.49. The third-order valence-electron chi connectivity index (χ3n) is 2.98. The Morgan fingerprint density at radius 2 is 1.60 bits per heavy atom. The quantitative estimate of drug-likeness (QED) is 0.683. The average molecular weight is 291 g/mol. The molecule has 0 amide bonds. The van der Waals surface area contributed by atoms with Crippen molar-refractivity contribution in [2.75, 3.05) is 0 Å². The molecule has 0 spiro atoms. The van der Waals surface area contributed by atoms with Crippen molar-refractivity contribution in [3.63, 3.8) is 0 Å². The molecule has 0 aromatic heterocycles. The predicted octanol–water partition coefficient (Wildman–Crippen LogP) is 1.36. The molecule has 1 unspecified atom stereocenters. The third-order valence-corrected chi connectivity index (χ3v) is 4.94. The van der Waals surface area contributed by atoms with Gasteiger partial charge in [-0.05, 0) is 31.2 Å². The molecule has 0 aliphatic carbocycles. The van der Waals surface area contributed by atoms with Crippen molar-refractivity contribution in [3.8, 4) is 0 Å². The summed E-state index contributed by atoms with van der Waals surface area (Å²) in [6.45, 7) is 1.87. The van der Waals surface area contributed by atoms with Gasteiger partial charge in [0, 0.05) is 5.25 Å². The van der Waals surface area contributed by atoms with Gasteiger partial charge in [-0.1, -0.05) is 35.4 Å². The van der Waals surface area contributed by atoms with Crippen molar-refractivity contribution in [2.24, 2.45) is 0 Å². The predicted molar refractivity (Wildman–Crippen MR) is 74.4 cm³/mol. The lowest BCUT2D eigenvalue weighted by Gasteiger charge is -2.19. The van der Waals surface area contributed by atoms with Gasteiger partial charge in [0.05, 0.1) is 4.90 Å². The summed E-state index contributed by atoms with van der Waals surface area (Å²) in [6.07, 6.45) is 2.28. The van der Waals surface area contributed by atoms with Crippen LogP contribution in [-0.2, 0) is 9.84 Å². The van der Waals surface area contributed by atoms with Crippen molar-refractivity contribution in [3.05, 3.63) is 65.5 Å². The number of benzene rings is 2. The molecule has 2 aromatic carbocycles. The number of aryl methyl sites for hydroxylation is 1. The van der Waals surface area contributed by atoms with E-state index in [0.29, 0.717) is 5.56 Å². The first-order valence-electron chi connectivity index (χ1n) is 5.97. The van der Waals surface area contributed by atoms with Gasteiger partial charge in [-0.25, -0.2) is 12.8 Å². The summed E-state index contributed by atoms with van der Waals surface area (Å²) in [5.41, 5.74) is 1.34. The van der Waals surface area contributed by atoms with E-state index in [1.807, 2.05) is 6.92 Å². The van der Waals surface area contributed by atoms with Gasteiger partial charge in [0.2, 0.25) is 0 Å². The number of halogens is 1. The first-order chi connectivity index (χ1) is 9.45. The molecule has 0 saturated carbocycles. The molecule has 0 saturated heterocycles. The molecule has 2 aromatic rings. The van der Waals surface area contributed by atoms with Crippen molar-refractivity contribution >= 4 is 16.1 Å². The highest BCUT2D eigenvalue weighted by Crippen LogP contribution is 2.27. The Morgan fingerprint density at radius 3 is 2.10 bits per heavy atom. The molecular formula is C15H14FNO2S. The number of hydrogen-bond donors (Lipinski definition) is 1. The Balaban J connectivity index is 2.47. The van der Waals surface area contributed by atoms with Gasteiger partial charge in [-0.2, -0.15) is 6.21 Å². The molecular weight excluding hydrogens is 277 g/mol. The molecule has 5 heteroatoms. The molecule has 3 nitrogen and oxygen atoms in total. The first-order valence-corrected chi connectivity index (χ1v) is 7.52. The number of rotatable bonds is 4. The zero-order chi connectivity index (χ0) is 14.8. The lowest BCUT2D eigenvalue weighted by molar-refractivity contribution is -0.107. The van der Waals surface area contributed by atoms with Crippen LogP contribution < -0.4 is 5.41 Å². The van der Waals surface area contributed by atoms with Crippen LogP contribution in [0.1, 0.15) is 16.4 Å². The maximum atomic E-state index is 12.9. The molecule has 0 bridgehead atoms. The molecule has 0 fully saturated rings. The van der Waals surface area contributed by atoms with Crippen LogP contribution in [0.5, 0.6) is 0 Å². The van der Waals surface area contributed by atoms with E-state index in [-0.39, 0.29) is 4.90 Å². The van der Waals surface area contributed by atoms with Crippen LogP contribution >= 0.6 is 0 Å². The van der Waals surface area contributed by atoms with Crippen molar-refractivity contribution in [1.29, 1.82) is 0 Å². The number of sulfone groups is 1. The SMILES string of the molecule is Cc1ccc(S(=O)(=O)C([C-]=[NH2+])c2ccc(F)cc2)cc1. The Labute approximate surface area is 117 Å². The van der Waals surface area contributed by atoms with Gasteiger partial charge in [0.25, 0.3) is 0 Å². The minimum atomic E-state index is -3.69. The van der Waals surface area contributed by atoms with Gasteiger partial charge < -0.3 is 5.41 Å². The van der Waals surface area contributed by atoms with Gasteiger partial charge >= 0.3 is 0 Å². The van der Waals surface area contributed by atoms with Crippen molar-refractivity contribution in [1.82, 2.24) is 0 Å². The summed E-state index contributed by atoms with van der Waals surface area (Å²) < 4.78 is 38.0. The zero-order valence-electron chi connectivity index (χ0n) is 10.9. The summed E-state index contributed by atoms with van der Waals surface area (Å²) in [4.78, 5) is 0.162. The second-order valence-electron chi connectivity index (χ2n) is 4.46. The van der Waals surface area contributed by atoms with Crippen LogP contribution in [0.2, 0.25) is 0 Å². The third kappa shape index (κ3) is 2.77. The molecule has 1 atom stereocenters. The minimum absolute atomic E-state index is 0.162. The first kappa shape index (κ1) is 14.4. The van der Waals surface area contributed by atoms with Crippen LogP contribution in [-0.4, -0.2) is 14.6 Å². The average Bonchev–Trinajstić information content (AvgIpc) is 2.42. The molecule has 0 heterocycles. The maximum Gasteiger partial charge on any atom is 0.162 e. The maximum absolute atomic E-state index is 12.9. The van der Waals surface area contributed by atoms with Crippen LogP contribution in [0.15, 0.2) is 53.4 Å². The van der Waals surface area contributed by atoms with E-state index >= 15 is 0 Å². The topological polar surface area (TPSA) is 59.7 Å². The Hall–Kier alpha value is -2.01. The van der Waals surface area contributed by atoms with Gasteiger partial charge in [0.15, 0.2) is 9.84 Å². The minimum Gasteiger partial charge on any atom is -0.437 e. The molecule has 2 N–H and O–H groups in total. The largest absolute Gasteiger partial charge is 0.437 e. The summed E-state index contributed by atoms with van der Waals surface area (Å²) in [6, 6.07) is 11.7. The van der Waals surface area contributed by atoms with E-state index in [1.165, 1.54) is 36.4 Å². The monoisotopic (exact) mass is 291 g/mol. The number of nitrogens with two attached hydrogens (primary N) is 1. The van der Waals surface area contributed by atoms with E-state index in [2.05, 4.69) is 6.21 Å². The summed E-state index contributed by atoms with van der Waals surface area (Å²) >= 11 is 0. The van der Waals surface area contributed by atoms with Gasteiger partial charge in [-0.3, -0.25) is 0 Å². The van der Waals surface area contributed by atoms with Gasteiger partial charge in [-0.15, -0.1) is 0 Å². The summed E-state index contributed by atoms with van der Waals surface area (Å²) in [5.74, 6) is -0.433. The Bertz CT molecular complexity index is 707. The fraction of sp³-hybridized carbons (Fsp3) is 0.133. The van der Waals surface area contributed by atoms with Gasteiger partial charge in [0.1, 0.15) is 5.82 Å². The normalized spacial score (nSPS) is 12.9. The highest BCUT2D eigenvalue weighted by atomic mass is 32.2. The highest BCUT2D eigenvalue weighted by Gasteiger charge is 2.22. The fourth-order valence-corrected chi connectivity index (χ4v) is 3.35. The van der Waals surface area contributed by atoms with Crippen LogP contribution in [0.4, 0.5) is 4.39 Å². The van der Waals surface area contributed by atoms with Crippen LogP contribution in [0.3, 0.4) is 0 Å². The van der Waals surface area contributed by atoms with Crippen molar-refractivity contribution < 1.29 is 18.2 Å². The fourth-order valence-electron chi connectivity index (χ4n) is 1.87. The van der Waals surface area contributed by atoms with E-state index in [4.69, 9.17) is 5.41 Å². The Kier molecular flexibility index (Phi) is 3.99. The van der Waals surface area contributed by atoms with E-state index < -0.39 is 20.9 Å². The van der Waals surface area contributed by atoms with Crippen LogP contribution in [0, 0.1) is 12.7 Å². The number of hydrogen-bond acceptors (Lipinski definition) is 2. The van der Waals surface area contributed by atoms with E-state index in [0.717, 1.165) is 5.56 Å². The smallest absolute Gasteiger partial charge is 0.162 e.